The van der Waals surface area contributed by atoms with Crippen LogP contribution in [0.5, 0.6) is 0 Å². The van der Waals surface area contributed by atoms with Gasteiger partial charge in [-0.25, -0.2) is 4.99 Å². The van der Waals surface area contributed by atoms with Crippen molar-refractivity contribution in [1.29, 1.82) is 0 Å². The van der Waals surface area contributed by atoms with Gasteiger partial charge in [-0.1, -0.05) is 77.2 Å². The van der Waals surface area contributed by atoms with E-state index in [-0.39, 0.29) is 0 Å². The number of halogens is 1. The largest absolute Gasteiger partial charge is 0.333 e. The maximum Gasteiger partial charge on any atom is 0.231 e. The second-order valence-electron chi connectivity index (χ2n) is 6.42. The Morgan fingerprint density at radius 3 is 2.59 bits per heavy atom. The SMILES string of the molecule is Clc1ccc2c(c1)N(Cc1nnc(/N=C/c3ccccc3)s1)c1ccccc1S2. The number of aliphatic imine (C=N–C) groups is 1. The lowest BCUT2D eigenvalue weighted by Crippen LogP contribution is -2.20. The molecule has 0 saturated heterocycles. The summed E-state index contributed by atoms with van der Waals surface area (Å²) in [4.78, 5) is 9.11. The second-order valence-corrected chi connectivity index (χ2v) is 8.98. The summed E-state index contributed by atoms with van der Waals surface area (Å²) in [5, 5.41) is 10.9. The fraction of sp³-hybridized carbons (Fsp3) is 0.0455. The lowest BCUT2D eigenvalue weighted by molar-refractivity contribution is 0.893. The fourth-order valence-electron chi connectivity index (χ4n) is 3.14. The summed E-state index contributed by atoms with van der Waals surface area (Å²) in [5.41, 5.74) is 3.28. The summed E-state index contributed by atoms with van der Waals surface area (Å²) in [6.45, 7) is 0.615. The standard InChI is InChI=1S/C22H15ClN4S2/c23-16-10-11-20-18(12-16)27(17-8-4-5-9-19(17)28-20)14-21-25-26-22(29-21)24-13-15-6-2-1-3-7-15/h1-13H,14H2/b24-13+. The van der Waals surface area contributed by atoms with Crippen LogP contribution >= 0.6 is 34.7 Å². The number of fused-ring (bicyclic) bond motifs is 2. The topological polar surface area (TPSA) is 41.4 Å². The van der Waals surface area contributed by atoms with Crippen LogP contribution in [0, 0.1) is 0 Å². The maximum absolute atomic E-state index is 6.30. The average molecular weight is 435 g/mol. The molecular weight excluding hydrogens is 420 g/mol. The van der Waals surface area contributed by atoms with Crippen LogP contribution in [0.3, 0.4) is 0 Å². The first-order chi connectivity index (χ1) is 14.3. The van der Waals surface area contributed by atoms with E-state index in [0.29, 0.717) is 11.7 Å². The van der Waals surface area contributed by atoms with Crippen LogP contribution in [-0.4, -0.2) is 16.4 Å². The Morgan fingerprint density at radius 2 is 1.69 bits per heavy atom. The molecule has 7 heteroatoms. The molecule has 2 heterocycles. The minimum absolute atomic E-state index is 0.615. The third-order valence-electron chi connectivity index (χ3n) is 4.46. The van der Waals surface area contributed by atoms with Gasteiger partial charge in [-0.2, -0.15) is 0 Å². The van der Waals surface area contributed by atoms with Gasteiger partial charge in [-0.15, -0.1) is 10.2 Å². The molecule has 1 aromatic heterocycles. The molecule has 4 nitrogen and oxygen atoms in total. The van der Waals surface area contributed by atoms with Gasteiger partial charge in [0.2, 0.25) is 5.13 Å². The van der Waals surface area contributed by atoms with Gasteiger partial charge in [0.05, 0.1) is 17.9 Å². The zero-order chi connectivity index (χ0) is 19.6. The molecule has 5 rings (SSSR count). The lowest BCUT2D eigenvalue weighted by atomic mass is 10.2. The van der Waals surface area contributed by atoms with Crippen LogP contribution < -0.4 is 4.90 Å². The monoisotopic (exact) mass is 434 g/mol. The summed E-state index contributed by atoms with van der Waals surface area (Å²) in [6.07, 6.45) is 1.81. The molecule has 3 aromatic carbocycles. The van der Waals surface area contributed by atoms with Crippen molar-refractivity contribution in [2.45, 2.75) is 16.3 Å². The van der Waals surface area contributed by atoms with E-state index in [1.165, 1.54) is 21.1 Å². The van der Waals surface area contributed by atoms with E-state index in [1.807, 2.05) is 48.7 Å². The highest BCUT2D eigenvalue weighted by Crippen LogP contribution is 2.49. The highest BCUT2D eigenvalue weighted by molar-refractivity contribution is 7.99. The Labute approximate surface area is 181 Å². The van der Waals surface area contributed by atoms with E-state index in [1.54, 1.807) is 11.8 Å². The lowest BCUT2D eigenvalue weighted by Gasteiger charge is -2.32. The van der Waals surface area contributed by atoms with Gasteiger partial charge in [-0.05, 0) is 35.9 Å². The van der Waals surface area contributed by atoms with Gasteiger partial charge in [0, 0.05) is 21.0 Å². The molecule has 1 aliphatic rings. The highest BCUT2D eigenvalue weighted by atomic mass is 35.5. The molecule has 0 aliphatic carbocycles. The minimum Gasteiger partial charge on any atom is -0.333 e. The van der Waals surface area contributed by atoms with E-state index in [4.69, 9.17) is 11.6 Å². The van der Waals surface area contributed by atoms with Crippen LogP contribution in [0.4, 0.5) is 16.5 Å². The smallest absolute Gasteiger partial charge is 0.231 e. The normalized spacial score (nSPS) is 12.8. The molecule has 0 fully saturated rings. The third kappa shape index (κ3) is 3.92. The Morgan fingerprint density at radius 1 is 0.897 bits per heavy atom. The summed E-state index contributed by atoms with van der Waals surface area (Å²) < 4.78 is 0. The van der Waals surface area contributed by atoms with E-state index in [9.17, 15) is 0 Å². The van der Waals surface area contributed by atoms with Crippen LogP contribution in [0.15, 0.2) is 87.6 Å². The predicted molar refractivity (Wildman–Crippen MR) is 121 cm³/mol. The quantitative estimate of drug-likeness (QED) is 0.333. The molecule has 4 aromatic rings. The first-order valence-corrected chi connectivity index (χ1v) is 11.0. The number of nitrogens with zero attached hydrogens (tertiary/aromatic N) is 4. The van der Waals surface area contributed by atoms with Crippen LogP contribution in [0.25, 0.3) is 0 Å². The van der Waals surface area contributed by atoms with Crippen molar-refractivity contribution in [3.8, 4) is 0 Å². The van der Waals surface area contributed by atoms with Crippen molar-refractivity contribution >= 4 is 57.4 Å². The van der Waals surface area contributed by atoms with E-state index < -0.39 is 0 Å². The number of para-hydroxylation sites is 1. The molecule has 0 unspecified atom stereocenters. The summed E-state index contributed by atoms with van der Waals surface area (Å²) in [5.74, 6) is 0. The van der Waals surface area contributed by atoms with Gasteiger partial charge in [0.25, 0.3) is 0 Å². The zero-order valence-corrected chi connectivity index (χ0v) is 17.6. The van der Waals surface area contributed by atoms with Crippen LogP contribution in [-0.2, 0) is 6.54 Å². The first-order valence-electron chi connectivity index (χ1n) is 9.02. The molecular formula is C22H15ClN4S2. The van der Waals surface area contributed by atoms with E-state index in [0.717, 1.165) is 27.0 Å². The molecule has 1 aliphatic heterocycles. The van der Waals surface area contributed by atoms with Crippen molar-refractivity contribution in [2.24, 2.45) is 4.99 Å². The first kappa shape index (κ1) is 18.4. The number of hydrogen-bond donors (Lipinski definition) is 0. The van der Waals surface area contributed by atoms with Crippen molar-refractivity contribution in [1.82, 2.24) is 10.2 Å². The molecule has 0 saturated carbocycles. The summed E-state index contributed by atoms with van der Waals surface area (Å²) in [6, 6.07) is 24.4. The molecule has 0 radical (unpaired) electrons. The summed E-state index contributed by atoms with van der Waals surface area (Å²) in [7, 11) is 0. The Kier molecular flexibility index (Phi) is 5.06. The maximum atomic E-state index is 6.30. The average Bonchev–Trinajstić information content (AvgIpc) is 3.21. The molecule has 0 spiro atoms. The van der Waals surface area contributed by atoms with Crippen molar-refractivity contribution < 1.29 is 0 Å². The molecule has 0 N–H and O–H groups in total. The van der Waals surface area contributed by atoms with Crippen molar-refractivity contribution in [3.05, 3.63) is 88.4 Å². The van der Waals surface area contributed by atoms with Crippen molar-refractivity contribution in [3.63, 3.8) is 0 Å². The molecule has 0 bridgehead atoms. The van der Waals surface area contributed by atoms with Crippen molar-refractivity contribution in [2.75, 3.05) is 4.90 Å². The Balaban J connectivity index is 1.44. The number of hydrogen-bond acceptors (Lipinski definition) is 6. The summed E-state index contributed by atoms with van der Waals surface area (Å²) >= 11 is 9.55. The van der Waals surface area contributed by atoms with Gasteiger partial charge in [0.1, 0.15) is 5.01 Å². The van der Waals surface area contributed by atoms with E-state index in [2.05, 4.69) is 50.4 Å². The van der Waals surface area contributed by atoms with Gasteiger partial charge in [0.15, 0.2) is 0 Å². The number of aromatic nitrogens is 2. The van der Waals surface area contributed by atoms with Crippen LogP contribution in [0.1, 0.15) is 10.6 Å². The predicted octanol–water partition coefficient (Wildman–Crippen LogP) is 6.75. The second kappa shape index (κ2) is 7.99. The number of benzene rings is 3. The van der Waals surface area contributed by atoms with Gasteiger partial charge in [-0.3, -0.25) is 0 Å². The highest BCUT2D eigenvalue weighted by Gasteiger charge is 2.24. The number of rotatable bonds is 4. The molecule has 29 heavy (non-hydrogen) atoms. The Bertz CT molecular complexity index is 1190. The minimum atomic E-state index is 0.615. The van der Waals surface area contributed by atoms with Gasteiger partial charge >= 0.3 is 0 Å². The van der Waals surface area contributed by atoms with Gasteiger partial charge < -0.3 is 4.90 Å². The fourth-order valence-corrected chi connectivity index (χ4v) is 5.05. The molecule has 0 atom stereocenters. The molecule has 0 amide bonds. The van der Waals surface area contributed by atoms with Crippen LogP contribution in [0.2, 0.25) is 5.02 Å². The number of anilines is 2. The molecule has 142 valence electrons. The zero-order valence-electron chi connectivity index (χ0n) is 15.2. The third-order valence-corrected chi connectivity index (χ3v) is 6.64. The Hall–Kier alpha value is -2.67. The van der Waals surface area contributed by atoms with E-state index >= 15 is 0 Å².